The summed E-state index contributed by atoms with van der Waals surface area (Å²) in [5, 5.41) is 6.28. The van der Waals surface area contributed by atoms with Crippen LogP contribution in [0.2, 0.25) is 5.02 Å². The Morgan fingerprint density at radius 2 is 1.89 bits per heavy atom. The molecule has 2 N–H and O–H groups in total. The molecule has 38 heavy (non-hydrogen) atoms. The van der Waals surface area contributed by atoms with Crippen molar-refractivity contribution in [3.05, 3.63) is 68.0 Å². The van der Waals surface area contributed by atoms with Gasteiger partial charge in [-0.1, -0.05) is 18.5 Å². The number of nitrogens with zero attached hydrogens (tertiary/aromatic N) is 1. The van der Waals surface area contributed by atoms with E-state index in [2.05, 4.69) is 10.4 Å². The number of aromatic amines is 1. The lowest BCUT2D eigenvalue weighted by Crippen LogP contribution is -2.58. The number of ketones is 2. The summed E-state index contributed by atoms with van der Waals surface area (Å²) in [7, 11) is 2.85. The standard InChI is InChI=1S/C27H26ClN3O7/c1-11(2)31-25-20(26(34)30-31)18(14-7-6-8-37-14)17-13(29-25)9-12(3)27(23(17)32)24(33)19-15(35-4)10-16(36-5)21(28)22(19)38-27/h6-8,10-12,18,29H,9H2,1-5H3,(H,30,34)/t12-,18?,27+/m1/s1. The van der Waals surface area contributed by atoms with E-state index in [0.717, 1.165) is 0 Å². The summed E-state index contributed by atoms with van der Waals surface area (Å²) < 4.78 is 24.6. The Kier molecular flexibility index (Phi) is 5.33. The minimum absolute atomic E-state index is 0.0416. The summed E-state index contributed by atoms with van der Waals surface area (Å²) >= 11 is 6.56. The zero-order chi connectivity index (χ0) is 27.1. The van der Waals surface area contributed by atoms with Crippen LogP contribution in [0.25, 0.3) is 0 Å². The zero-order valence-electron chi connectivity index (χ0n) is 21.4. The molecule has 6 rings (SSSR count). The van der Waals surface area contributed by atoms with Gasteiger partial charge in [-0.25, -0.2) is 0 Å². The maximum Gasteiger partial charge on any atom is 0.270 e. The Hall–Kier alpha value is -3.92. The summed E-state index contributed by atoms with van der Waals surface area (Å²) in [6, 6.07) is 4.85. The molecule has 2 aliphatic heterocycles. The number of methoxy groups -OCH3 is 2. The highest BCUT2D eigenvalue weighted by Gasteiger charge is 2.64. The molecule has 2 aromatic heterocycles. The van der Waals surface area contributed by atoms with Gasteiger partial charge in [0.05, 0.1) is 32.0 Å². The maximum absolute atomic E-state index is 14.6. The zero-order valence-corrected chi connectivity index (χ0v) is 22.2. The fraction of sp³-hybridized carbons (Fsp3) is 0.370. The van der Waals surface area contributed by atoms with E-state index in [9.17, 15) is 14.4 Å². The number of ether oxygens (including phenoxy) is 3. The minimum Gasteiger partial charge on any atom is -0.496 e. The van der Waals surface area contributed by atoms with Crippen molar-refractivity contribution in [3.63, 3.8) is 0 Å². The SMILES string of the molecule is COc1cc(OC)c2c(c1Cl)O[C@@]1(C(=O)C3=C(C[C@H]1C)Nc1c(c(=O)[nH]n1C(C)C)C3c1ccco1)C2=O. The van der Waals surface area contributed by atoms with Crippen LogP contribution in [0, 0.1) is 5.92 Å². The fourth-order valence-corrected chi connectivity index (χ4v) is 6.16. The van der Waals surface area contributed by atoms with Crippen LogP contribution in [-0.4, -0.2) is 41.2 Å². The van der Waals surface area contributed by atoms with E-state index >= 15 is 0 Å². The fourth-order valence-electron chi connectivity index (χ4n) is 5.89. The van der Waals surface area contributed by atoms with Crippen molar-refractivity contribution in [2.45, 2.75) is 44.8 Å². The Bertz CT molecular complexity index is 1600. The van der Waals surface area contributed by atoms with E-state index in [0.29, 0.717) is 29.3 Å². The number of hydrogen-bond acceptors (Lipinski definition) is 8. The number of rotatable bonds is 4. The highest BCUT2D eigenvalue weighted by Crippen LogP contribution is 2.56. The monoisotopic (exact) mass is 539 g/mol. The van der Waals surface area contributed by atoms with Crippen LogP contribution >= 0.6 is 11.6 Å². The van der Waals surface area contributed by atoms with Crippen LogP contribution in [0.1, 0.15) is 60.8 Å². The molecule has 1 aliphatic carbocycles. The van der Waals surface area contributed by atoms with Crippen LogP contribution in [0.3, 0.4) is 0 Å². The first-order chi connectivity index (χ1) is 18.1. The van der Waals surface area contributed by atoms with E-state index in [1.165, 1.54) is 26.5 Å². The predicted molar refractivity (Wildman–Crippen MR) is 138 cm³/mol. The normalized spacial score (nSPS) is 23.8. The van der Waals surface area contributed by atoms with Gasteiger partial charge in [-0.2, -0.15) is 0 Å². The van der Waals surface area contributed by atoms with Gasteiger partial charge >= 0.3 is 0 Å². The van der Waals surface area contributed by atoms with Crippen molar-refractivity contribution >= 4 is 29.0 Å². The van der Waals surface area contributed by atoms with Crippen molar-refractivity contribution < 1.29 is 28.2 Å². The first-order valence-corrected chi connectivity index (χ1v) is 12.6. The van der Waals surface area contributed by atoms with Gasteiger partial charge in [-0.15, -0.1) is 0 Å². The van der Waals surface area contributed by atoms with Crippen LogP contribution in [0.15, 0.2) is 44.9 Å². The average Bonchev–Trinajstić information content (AvgIpc) is 3.61. The first-order valence-electron chi connectivity index (χ1n) is 12.3. The number of allylic oxidation sites excluding steroid dienone is 1. The van der Waals surface area contributed by atoms with Crippen molar-refractivity contribution in [1.82, 2.24) is 9.78 Å². The van der Waals surface area contributed by atoms with Gasteiger partial charge in [0.2, 0.25) is 17.2 Å². The molecule has 4 heterocycles. The van der Waals surface area contributed by atoms with Gasteiger partial charge in [-0.3, -0.25) is 24.2 Å². The summed E-state index contributed by atoms with van der Waals surface area (Å²) in [6.07, 6.45) is 1.78. The van der Waals surface area contributed by atoms with Crippen molar-refractivity contribution in [1.29, 1.82) is 0 Å². The molecular formula is C27H26ClN3O7. The molecule has 0 bridgehead atoms. The van der Waals surface area contributed by atoms with Gasteiger partial charge in [0.25, 0.3) is 5.56 Å². The van der Waals surface area contributed by atoms with Crippen molar-refractivity contribution in [3.8, 4) is 17.2 Å². The Morgan fingerprint density at radius 1 is 1.16 bits per heavy atom. The third-order valence-electron chi connectivity index (χ3n) is 7.68. The molecule has 0 radical (unpaired) electrons. The predicted octanol–water partition coefficient (Wildman–Crippen LogP) is 4.46. The second-order valence-corrected chi connectivity index (χ2v) is 10.4. The van der Waals surface area contributed by atoms with Crippen molar-refractivity contribution in [2.75, 3.05) is 19.5 Å². The number of hydrogen-bond donors (Lipinski definition) is 2. The molecular weight excluding hydrogens is 514 g/mol. The third-order valence-corrected chi connectivity index (χ3v) is 8.04. The second kappa shape index (κ2) is 8.29. The van der Waals surface area contributed by atoms with E-state index in [1.54, 1.807) is 23.7 Å². The highest BCUT2D eigenvalue weighted by atomic mass is 35.5. The van der Waals surface area contributed by atoms with E-state index in [4.69, 9.17) is 30.2 Å². The topological polar surface area (TPSA) is 125 Å². The summed E-state index contributed by atoms with van der Waals surface area (Å²) in [5.74, 6) is -1.06. The molecule has 0 amide bonds. The Morgan fingerprint density at radius 3 is 2.53 bits per heavy atom. The van der Waals surface area contributed by atoms with Crippen LogP contribution in [-0.2, 0) is 4.79 Å². The largest absolute Gasteiger partial charge is 0.496 e. The molecule has 1 spiro atoms. The summed E-state index contributed by atoms with van der Waals surface area (Å²) in [4.78, 5) is 42.0. The number of furan rings is 1. The van der Waals surface area contributed by atoms with Gasteiger partial charge in [0.15, 0.2) is 5.75 Å². The smallest absolute Gasteiger partial charge is 0.270 e. The first kappa shape index (κ1) is 24.4. The Labute approximate surface area is 222 Å². The third kappa shape index (κ3) is 2.97. The molecule has 1 aromatic carbocycles. The number of benzene rings is 1. The average molecular weight is 540 g/mol. The molecule has 0 saturated heterocycles. The minimum atomic E-state index is -1.90. The quantitative estimate of drug-likeness (QED) is 0.466. The van der Waals surface area contributed by atoms with Gasteiger partial charge < -0.3 is 23.9 Å². The molecule has 10 nitrogen and oxygen atoms in total. The molecule has 0 fully saturated rings. The van der Waals surface area contributed by atoms with E-state index in [1.807, 2.05) is 13.8 Å². The molecule has 1 unspecified atom stereocenters. The highest BCUT2D eigenvalue weighted by molar-refractivity contribution is 6.36. The van der Waals surface area contributed by atoms with E-state index in [-0.39, 0.29) is 45.0 Å². The number of carbonyl (C=O) groups is 2. The maximum atomic E-state index is 14.6. The van der Waals surface area contributed by atoms with Gasteiger partial charge in [-0.05, 0) is 32.4 Å². The lowest BCUT2D eigenvalue weighted by molar-refractivity contribution is -0.130. The second-order valence-electron chi connectivity index (χ2n) is 10.0. The van der Waals surface area contributed by atoms with Crippen LogP contribution < -0.4 is 25.1 Å². The number of nitrogens with one attached hydrogen (secondary N) is 2. The lowest BCUT2D eigenvalue weighted by atomic mass is 9.66. The number of anilines is 1. The number of fused-ring (bicyclic) bond motifs is 2. The number of carbonyl (C=O) groups excluding carboxylic acids is 2. The lowest BCUT2D eigenvalue weighted by Gasteiger charge is -2.41. The van der Waals surface area contributed by atoms with Crippen LogP contribution in [0.5, 0.6) is 17.2 Å². The van der Waals surface area contributed by atoms with Gasteiger partial charge in [0.1, 0.15) is 33.7 Å². The van der Waals surface area contributed by atoms with Gasteiger partial charge in [0, 0.05) is 29.3 Å². The molecule has 11 heteroatoms. The summed E-state index contributed by atoms with van der Waals surface area (Å²) in [6.45, 7) is 5.68. The number of H-pyrrole nitrogens is 1. The van der Waals surface area contributed by atoms with Crippen LogP contribution in [0.4, 0.5) is 5.82 Å². The van der Waals surface area contributed by atoms with Crippen molar-refractivity contribution in [2.24, 2.45) is 5.92 Å². The molecule has 3 aromatic rings. The summed E-state index contributed by atoms with van der Waals surface area (Å²) in [5.41, 5.74) is -0.969. The number of aromatic nitrogens is 2. The molecule has 0 saturated carbocycles. The Balaban J connectivity index is 1.56. The molecule has 198 valence electrons. The number of Topliss-reactive ketones (excluding diaryl/α,β-unsaturated/α-hetero) is 2. The molecule has 3 atom stereocenters. The van der Waals surface area contributed by atoms with E-state index < -0.39 is 29.0 Å². The molecule has 3 aliphatic rings. The number of halogens is 1.